The first kappa shape index (κ1) is 24.5. The standard InChI is InChI=1S/C27H28N2O5/c1-3-4-16-33-23-13-11-22(12-14-23)27(31)34-24-15-10-21(17-25(24)32-2)19-28-29-26(30)18-20-8-6-5-7-9-20/h5-15,17,19H,3-4,16,18H2,1-2H3,(H,29,30). The third-order valence-corrected chi connectivity index (χ3v) is 4.86. The first-order valence-electron chi connectivity index (χ1n) is 11.1. The number of carbonyl (C=O) groups excluding carboxylic acids is 2. The molecular formula is C27H28N2O5. The van der Waals surface area contributed by atoms with Crippen LogP contribution in [0.15, 0.2) is 77.9 Å². The number of hydrogen-bond donors (Lipinski definition) is 1. The Bertz CT molecular complexity index is 1110. The molecule has 3 aromatic carbocycles. The van der Waals surface area contributed by atoms with Crippen molar-refractivity contribution < 1.29 is 23.8 Å². The van der Waals surface area contributed by atoms with Gasteiger partial charge in [0, 0.05) is 0 Å². The lowest BCUT2D eigenvalue weighted by Crippen LogP contribution is -2.19. The molecule has 0 aliphatic heterocycles. The number of unbranched alkanes of at least 4 members (excludes halogenated alkanes) is 1. The number of rotatable bonds is 11. The van der Waals surface area contributed by atoms with Gasteiger partial charge in [0.15, 0.2) is 11.5 Å². The minimum atomic E-state index is -0.506. The van der Waals surface area contributed by atoms with Crippen molar-refractivity contribution >= 4 is 18.1 Å². The van der Waals surface area contributed by atoms with E-state index in [0.29, 0.717) is 29.2 Å². The zero-order valence-corrected chi connectivity index (χ0v) is 19.3. The lowest BCUT2D eigenvalue weighted by Gasteiger charge is -2.10. The predicted molar refractivity (Wildman–Crippen MR) is 131 cm³/mol. The Hall–Kier alpha value is -4.13. The molecule has 0 aliphatic rings. The molecule has 7 heteroatoms. The fraction of sp³-hybridized carbons (Fsp3) is 0.222. The monoisotopic (exact) mass is 460 g/mol. The number of nitrogens with zero attached hydrogens (tertiary/aromatic N) is 1. The normalized spacial score (nSPS) is 10.6. The van der Waals surface area contributed by atoms with Gasteiger partial charge in [-0.1, -0.05) is 43.7 Å². The topological polar surface area (TPSA) is 86.2 Å². The van der Waals surface area contributed by atoms with Gasteiger partial charge in [-0.25, -0.2) is 10.2 Å². The van der Waals surface area contributed by atoms with E-state index in [4.69, 9.17) is 14.2 Å². The van der Waals surface area contributed by atoms with E-state index in [2.05, 4.69) is 17.5 Å². The van der Waals surface area contributed by atoms with E-state index < -0.39 is 5.97 Å². The number of methoxy groups -OCH3 is 1. The third kappa shape index (κ3) is 7.48. The molecule has 0 fully saturated rings. The molecule has 7 nitrogen and oxygen atoms in total. The van der Waals surface area contributed by atoms with Crippen LogP contribution in [-0.4, -0.2) is 31.8 Å². The second kappa shape index (κ2) is 12.8. The number of hydrogen-bond acceptors (Lipinski definition) is 6. The van der Waals surface area contributed by atoms with Gasteiger partial charge in [-0.15, -0.1) is 0 Å². The number of nitrogens with one attached hydrogen (secondary N) is 1. The predicted octanol–water partition coefficient (Wildman–Crippen LogP) is 4.79. The van der Waals surface area contributed by atoms with Crippen LogP contribution in [0.1, 0.15) is 41.3 Å². The van der Waals surface area contributed by atoms with Gasteiger partial charge in [0.2, 0.25) is 5.91 Å². The molecule has 0 unspecified atom stereocenters. The van der Waals surface area contributed by atoms with Crippen LogP contribution >= 0.6 is 0 Å². The largest absolute Gasteiger partial charge is 0.494 e. The third-order valence-electron chi connectivity index (χ3n) is 4.86. The molecule has 0 atom stereocenters. The molecule has 0 bridgehead atoms. The Morgan fingerprint density at radius 3 is 2.44 bits per heavy atom. The van der Waals surface area contributed by atoms with Crippen LogP contribution in [0.25, 0.3) is 0 Å². The second-order valence-corrected chi connectivity index (χ2v) is 7.48. The molecule has 34 heavy (non-hydrogen) atoms. The Morgan fingerprint density at radius 1 is 0.971 bits per heavy atom. The fourth-order valence-electron chi connectivity index (χ4n) is 3.03. The number of hydrazone groups is 1. The molecule has 0 saturated heterocycles. The van der Waals surface area contributed by atoms with Crippen LogP contribution in [0.5, 0.6) is 17.2 Å². The molecule has 1 N–H and O–H groups in total. The molecule has 0 heterocycles. The summed E-state index contributed by atoms with van der Waals surface area (Å²) in [6, 6.07) is 21.2. The van der Waals surface area contributed by atoms with Crippen molar-refractivity contribution in [3.63, 3.8) is 0 Å². The molecule has 3 aromatic rings. The van der Waals surface area contributed by atoms with Crippen LogP contribution in [-0.2, 0) is 11.2 Å². The van der Waals surface area contributed by atoms with Crippen molar-refractivity contribution in [1.29, 1.82) is 0 Å². The van der Waals surface area contributed by atoms with Gasteiger partial charge in [-0.2, -0.15) is 5.10 Å². The maximum Gasteiger partial charge on any atom is 0.343 e. The van der Waals surface area contributed by atoms with Crippen LogP contribution < -0.4 is 19.6 Å². The van der Waals surface area contributed by atoms with E-state index in [9.17, 15) is 9.59 Å². The van der Waals surface area contributed by atoms with Gasteiger partial charge in [0.05, 0.1) is 31.9 Å². The van der Waals surface area contributed by atoms with E-state index in [1.54, 1.807) is 42.5 Å². The van der Waals surface area contributed by atoms with Crippen LogP contribution in [0.4, 0.5) is 0 Å². The minimum Gasteiger partial charge on any atom is -0.494 e. The van der Waals surface area contributed by atoms with Crippen molar-refractivity contribution in [1.82, 2.24) is 5.43 Å². The summed E-state index contributed by atoms with van der Waals surface area (Å²) in [5, 5.41) is 3.99. The maximum absolute atomic E-state index is 12.5. The summed E-state index contributed by atoms with van der Waals surface area (Å²) in [5.41, 5.74) is 4.48. The van der Waals surface area contributed by atoms with Gasteiger partial charge in [0.1, 0.15) is 5.75 Å². The van der Waals surface area contributed by atoms with E-state index in [1.165, 1.54) is 13.3 Å². The van der Waals surface area contributed by atoms with Gasteiger partial charge < -0.3 is 14.2 Å². The van der Waals surface area contributed by atoms with Crippen LogP contribution in [0, 0.1) is 0 Å². The summed E-state index contributed by atoms with van der Waals surface area (Å²) < 4.78 is 16.5. The molecule has 0 saturated carbocycles. The molecule has 1 amide bonds. The summed E-state index contributed by atoms with van der Waals surface area (Å²) >= 11 is 0. The molecule has 0 aromatic heterocycles. The first-order chi connectivity index (χ1) is 16.6. The van der Waals surface area contributed by atoms with Crippen molar-refractivity contribution in [2.75, 3.05) is 13.7 Å². The zero-order valence-electron chi connectivity index (χ0n) is 19.3. The Morgan fingerprint density at radius 2 is 1.74 bits per heavy atom. The van der Waals surface area contributed by atoms with Gasteiger partial charge >= 0.3 is 5.97 Å². The number of benzene rings is 3. The lowest BCUT2D eigenvalue weighted by atomic mass is 10.1. The summed E-state index contributed by atoms with van der Waals surface area (Å²) in [7, 11) is 1.48. The van der Waals surface area contributed by atoms with E-state index >= 15 is 0 Å². The molecule has 0 spiro atoms. The smallest absolute Gasteiger partial charge is 0.343 e. The molecular weight excluding hydrogens is 432 g/mol. The fourth-order valence-corrected chi connectivity index (χ4v) is 3.03. The van der Waals surface area contributed by atoms with E-state index in [0.717, 1.165) is 18.4 Å². The quantitative estimate of drug-likeness (QED) is 0.146. The van der Waals surface area contributed by atoms with E-state index in [1.807, 2.05) is 30.3 Å². The van der Waals surface area contributed by atoms with Gasteiger partial charge in [0.25, 0.3) is 0 Å². The highest BCUT2D eigenvalue weighted by atomic mass is 16.6. The molecule has 0 aliphatic carbocycles. The molecule has 3 rings (SSSR count). The molecule has 0 radical (unpaired) electrons. The van der Waals surface area contributed by atoms with Crippen molar-refractivity contribution in [3.8, 4) is 17.2 Å². The summed E-state index contributed by atoms with van der Waals surface area (Å²) in [4.78, 5) is 24.6. The van der Waals surface area contributed by atoms with Crippen LogP contribution in [0.3, 0.4) is 0 Å². The number of esters is 1. The second-order valence-electron chi connectivity index (χ2n) is 7.48. The maximum atomic E-state index is 12.5. The Balaban J connectivity index is 1.57. The lowest BCUT2D eigenvalue weighted by molar-refractivity contribution is -0.120. The highest BCUT2D eigenvalue weighted by Gasteiger charge is 2.13. The van der Waals surface area contributed by atoms with Crippen molar-refractivity contribution in [3.05, 3.63) is 89.5 Å². The number of carbonyl (C=O) groups is 2. The average Bonchev–Trinajstić information content (AvgIpc) is 2.86. The Labute approximate surface area is 199 Å². The first-order valence-corrected chi connectivity index (χ1v) is 11.1. The SMILES string of the molecule is CCCCOc1ccc(C(=O)Oc2ccc(C=NNC(=O)Cc3ccccc3)cc2OC)cc1. The number of ether oxygens (including phenoxy) is 3. The number of amides is 1. The highest BCUT2D eigenvalue weighted by molar-refractivity contribution is 5.92. The highest BCUT2D eigenvalue weighted by Crippen LogP contribution is 2.28. The summed E-state index contributed by atoms with van der Waals surface area (Å²) in [6.07, 6.45) is 3.76. The molecule has 176 valence electrons. The Kier molecular flexibility index (Phi) is 9.22. The average molecular weight is 461 g/mol. The van der Waals surface area contributed by atoms with Crippen molar-refractivity contribution in [2.45, 2.75) is 26.2 Å². The summed E-state index contributed by atoms with van der Waals surface area (Å²) in [5.74, 6) is 0.630. The van der Waals surface area contributed by atoms with Crippen molar-refractivity contribution in [2.24, 2.45) is 5.10 Å². The van der Waals surface area contributed by atoms with Gasteiger partial charge in [-0.3, -0.25) is 4.79 Å². The van der Waals surface area contributed by atoms with E-state index in [-0.39, 0.29) is 18.1 Å². The van der Waals surface area contributed by atoms with Crippen LogP contribution in [0.2, 0.25) is 0 Å². The summed E-state index contributed by atoms with van der Waals surface area (Å²) in [6.45, 7) is 2.74. The zero-order chi connectivity index (χ0) is 24.2. The minimum absolute atomic E-state index is 0.221. The van der Waals surface area contributed by atoms with Gasteiger partial charge in [-0.05, 0) is 60.0 Å².